The van der Waals surface area contributed by atoms with E-state index in [-0.39, 0.29) is 94.5 Å². The summed E-state index contributed by atoms with van der Waals surface area (Å²) in [7, 11) is 1.56. The van der Waals surface area contributed by atoms with Gasteiger partial charge in [-0.3, -0.25) is 43.3 Å². The fourth-order valence-corrected chi connectivity index (χ4v) is 12.3. The highest BCUT2D eigenvalue weighted by Gasteiger charge is 2.45. The van der Waals surface area contributed by atoms with Crippen LogP contribution in [0.15, 0.2) is 115 Å². The fraction of sp³-hybridized carbons (Fsp3) is 0.458. The van der Waals surface area contributed by atoms with Crippen LogP contribution < -0.4 is 41.2 Å². The number of imide groups is 1. The van der Waals surface area contributed by atoms with E-state index in [2.05, 4.69) is 34.4 Å². The molecule has 5 aliphatic heterocycles. The van der Waals surface area contributed by atoms with Crippen LogP contribution in [0.25, 0.3) is 0 Å². The number of nitrogens with two attached hydrogens (primary N) is 1. The Morgan fingerprint density at radius 2 is 1.36 bits per heavy atom. The van der Waals surface area contributed by atoms with Gasteiger partial charge in [-0.05, 0) is 119 Å². The molecule has 0 aromatic heterocycles. The van der Waals surface area contributed by atoms with Gasteiger partial charge in [-0.15, -0.1) is 0 Å². The normalized spacial score (nSPS) is 17.8. The SMILES string of the molecule is C=C1CC2CNc3cc(OCCCCCOc4cc5c(cc4C)C(=O)N4CC(=C)CC4C(C(=O)OCc4ccc(NC(=O)C(CCCCN)NC(=O)C(CC(=O)CCOCCOCCCC(=O)CCN6C(=O)C=CC6=O)Cc6ccccc6)cc4)N5)c(OC)cc3C(=O)N2C1. The first-order chi connectivity index (χ1) is 46.0. The van der Waals surface area contributed by atoms with Crippen LogP contribution in [0.3, 0.4) is 0 Å². The van der Waals surface area contributed by atoms with E-state index >= 15 is 0 Å². The molecule has 0 saturated carbocycles. The number of carbonyl (C=O) groups is 9. The van der Waals surface area contributed by atoms with Gasteiger partial charge in [0.1, 0.15) is 36.0 Å². The van der Waals surface area contributed by atoms with E-state index in [4.69, 9.17) is 34.2 Å². The number of aryl methyl sites for hydroxylation is 1. The van der Waals surface area contributed by atoms with Gasteiger partial charge < -0.3 is 65.2 Å². The number of esters is 1. The predicted octanol–water partition coefficient (Wildman–Crippen LogP) is 7.59. The van der Waals surface area contributed by atoms with Crippen LogP contribution in [0, 0.1) is 12.8 Å². The smallest absolute Gasteiger partial charge is 0.331 e. The number of anilines is 3. The summed E-state index contributed by atoms with van der Waals surface area (Å²) in [6.07, 6.45) is 8.27. The van der Waals surface area contributed by atoms with Crippen LogP contribution in [0.4, 0.5) is 17.1 Å². The predicted molar refractivity (Wildman–Crippen MR) is 356 cm³/mol. The molecule has 0 spiro atoms. The average Bonchev–Trinajstić information content (AvgIpc) is 1.66. The topological polar surface area (TPSA) is 293 Å². The Bertz CT molecular complexity index is 3480. The summed E-state index contributed by atoms with van der Waals surface area (Å²) in [5, 5.41) is 12.6. The van der Waals surface area contributed by atoms with Crippen molar-refractivity contribution < 1.29 is 71.6 Å². The summed E-state index contributed by atoms with van der Waals surface area (Å²) in [5.41, 5.74) is 12.5. The van der Waals surface area contributed by atoms with Crippen molar-refractivity contribution in [2.24, 2.45) is 11.7 Å². The Kier molecular flexibility index (Phi) is 25.3. The quantitative estimate of drug-likeness (QED) is 0.0126. The molecule has 5 aliphatic rings. The number of unbranched alkanes of at least 4 members (excludes halogenated alkanes) is 3. The second-order valence-electron chi connectivity index (χ2n) is 24.8. The molecule has 23 heteroatoms. The maximum absolute atomic E-state index is 14.2. The number of methoxy groups -OCH3 is 1. The van der Waals surface area contributed by atoms with Gasteiger partial charge >= 0.3 is 5.97 Å². The molecule has 2 fully saturated rings. The monoisotopic (exact) mass is 1300 g/mol. The maximum atomic E-state index is 14.2. The van der Waals surface area contributed by atoms with E-state index < -0.39 is 53.6 Å². The fourth-order valence-electron chi connectivity index (χ4n) is 12.3. The molecule has 6 amide bonds. The van der Waals surface area contributed by atoms with E-state index in [1.165, 1.54) is 12.2 Å². The van der Waals surface area contributed by atoms with Crippen molar-refractivity contribution in [3.8, 4) is 17.2 Å². The number of ether oxygens (including phenoxy) is 6. The van der Waals surface area contributed by atoms with Crippen molar-refractivity contribution >= 4 is 70.0 Å². The van der Waals surface area contributed by atoms with Crippen LogP contribution in [0.1, 0.15) is 121 Å². The zero-order valence-electron chi connectivity index (χ0n) is 54.4. The Morgan fingerprint density at radius 1 is 0.674 bits per heavy atom. The van der Waals surface area contributed by atoms with Crippen molar-refractivity contribution in [1.82, 2.24) is 20.0 Å². The summed E-state index contributed by atoms with van der Waals surface area (Å²) in [5.74, 6) is -2.04. The molecule has 2 saturated heterocycles. The zero-order valence-corrected chi connectivity index (χ0v) is 54.4. The van der Waals surface area contributed by atoms with Crippen LogP contribution in [-0.2, 0) is 60.8 Å². The molecule has 23 nitrogen and oxygen atoms in total. The number of nitrogens with one attached hydrogen (secondary N) is 4. The molecule has 5 heterocycles. The number of nitrogens with zero attached hydrogens (tertiary/aromatic N) is 3. The minimum Gasteiger partial charge on any atom is -0.493 e. The summed E-state index contributed by atoms with van der Waals surface area (Å²) < 4.78 is 35.3. The molecule has 506 valence electrons. The molecule has 0 bridgehead atoms. The first kappa shape index (κ1) is 70.1. The van der Waals surface area contributed by atoms with Crippen LogP contribution in [0.2, 0.25) is 0 Å². The highest BCUT2D eigenvalue weighted by molar-refractivity contribution is 6.13. The molecule has 4 aromatic rings. The van der Waals surface area contributed by atoms with Crippen LogP contribution in [-0.4, -0.2) is 171 Å². The highest BCUT2D eigenvalue weighted by atomic mass is 16.5. The third-order valence-corrected chi connectivity index (χ3v) is 17.5. The van der Waals surface area contributed by atoms with Gasteiger partial charge in [-0.25, -0.2) is 4.79 Å². The van der Waals surface area contributed by atoms with Crippen LogP contribution >= 0.6 is 0 Å². The Morgan fingerprint density at radius 3 is 2.09 bits per heavy atom. The molecule has 0 radical (unpaired) electrons. The number of rotatable bonds is 37. The second kappa shape index (κ2) is 34.3. The summed E-state index contributed by atoms with van der Waals surface area (Å²) in [6, 6.07) is 20.9. The van der Waals surface area contributed by atoms with E-state index in [0.29, 0.717) is 129 Å². The largest absolute Gasteiger partial charge is 0.493 e. The van der Waals surface area contributed by atoms with E-state index in [9.17, 15) is 43.2 Å². The summed E-state index contributed by atoms with van der Waals surface area (Å²) in [6.45, 7) is 13.6. The number of hydrogen-bond donors (Lipinski definition) is 5. The van der Waals surface area contributed by atoms with Gasteiger partial charge in [-0.1, -0.05) is 66.8 Å². The molecule has 5 unspecified atom stereocenters. The third-order valence-electron chi connectivity index (χ3n) is 17.5. The van der Waals surface area contributed by atoms with Crippen molar-refractivity contribution in [2.75, 3.05) is 95.4 Å². The van der Waals surface area contributed by atoms with Crippen molar-refractivity contribution in [1.29, 1.82) is 0 Å². The van der Waals surface area contributed by atoms with E-state index in [0.717, 1.165) is 52.9 Å². The summed E-state index contributed by atoms with van der Waals surface area (Å²) >= 11 is 0. The number of amides is 6. The van der Waals surface area contributed by atoms with E-state index in [1.54, 1.807) is 54.5 Å². The lowest BCUT2D eigenvalue weighted by molar-refractivity contribution is -0.147. The number of hydrogen-bond acceptors (Lipinski definition) is 18. The molecule has 4 aromatic carbocycles. The lowest BCUT2D eigenvalue weighted by Crippen LogP contribution is -2.48. The molecular formula is C72H88N8O15. The lowest BCUT2D eigenvalue weighted by Gasteiger charge is -2.27. The molecule has 9 rings (SSSR count). The highest BCUT2D eigenvalue weighted by Crippen LogP contribution is 2.39. The Hall–Kier alpha value is -9.19. The Balaban J connectivity index is 0.726. The number of carbonyl (C=O) groups excluding carboxylic acids is 9. The average molecular weight is 1310 g/mol. The zero-order chi connectivity index (χ0) is 67.4. The number of Topliss-reactive ketones (excluding diaryl/α,β-unsaturated/α-hetero) is 2. The Labute approximate surface area is 554 Å². The van der Waals surface area contributed by atoms with Crippen molar-refractivity contribution in [2.45, 2.75) is 128 Å². The molecule has 6 N–H and O–H groups in total. The molecule has 5 atom stereocenters. The molecular weight excluding hydrogens is 1220 g/mol. The van der Waals surface area contributed by atoms with Gasteiger partial charge in [0.05, 0.1) is 74.7 Å². The minimum atomic E-state index is -0.955. The summed E-state index contributed by atoms with van der Waals surface area (Å²) in [4.78, 5) is 124. The van der Waals surface area contributed by atoms with Gasteiger partial charge in [0.25, 0.3) is 23.6 Å². The standard InChI is InChI=1S/C72H88N8O15/c1-46-34-53-42-74-59-40-64(63(90-4)39-57(59)70(87)79(53)43-46)94-30-12-6-11-29-93-62-41-60-56(36-48(62)3)71(88)80-44-47(2)35-61(80)67(76-60)72(89)95-45-50-18-20-52(21-19-50)75-69(86)58(17-9-10-26-73)77-68(85)51(37-49-14-7-5-8-15-49)38-55(82)25-31-92-33-32-91-28-13-16-54(81)24-27-78-65(83)22-23-66(78)84/h5,7-8,14-15,18-23,36,39-41,51,53,58,61,67,74,76H,1-2,6,9-13,16-17,24-35,37-38,42-45,73H2,3-4H3,(H,75,86)(H,77,85). The third kappa shape index (κ3) is 19.3. The maximum Gasteiger partial charge on any atom is 0.331 e. The van der Waals surface area contributed by atoms with Crippen molar-refractivity contribution in [3.05, 3.63) is 143 Å². The van der Waals surface area contributed by atoms with Gasteiger partial charge in [-0.2, -0.15) is 0 Å². The van der Waals surface area contributed by atoms with Gasteiger partial charge in [0.15, 0.2) is 11.5 Å². The number of fused-ring (bicyclic) bond motifs is 4. The number of benzene rings is 4. The first-order valence-corrected chi connectivity index (χ1v) is 32.9. The second-order valence-corrected chi connectivity index (χ2v) is 24.8. The van der Waals surface area contributed by atoms with Crippen molar-refractivity contribution in [3.63, 3.8) is 0 Å². The number of ketones is 2. The van der Waals surface area contributed by atoms with Gasteiger partial charge in [0.2, 0.25) is 11.8 Å². The molecule has 0 aliphatic carbocycles. The van der Waals surface area contributed by atoms with Gasteiger partial charge in [0, 0.05) is 94.4 Å². The first-order valence-electron chi connectivity index (χ1n) is 32.9. The lowest BCUT2D eigenvalue weighted by atomic mass is 9.92. The molecule has 95 heavy (non-hydrogen) atoms. The minimum absolute atomic E-state index is 0.0496. The van der Waals surface area contributed by atoms with Crippen LogP contribution in [0.5, 0.6) is 17.2 Å². The van der Waals surface area contributed by atoms with E-state index in [1.807, 2.05) is 48.2 Å².